The van der Waals surface area contributed by atoms with Crippen molar-refractivity contribution in [3.05, 3.63) is 83.0 Å². The van der Waals surface area contributed by atoms with E-state index < -0.39 is 5.97 Å². The number of aromatic nitrogens is 1. The maximum Gasteiger partial charge on any atom is 0.323 e. The number of hydrogen-bond acceptors (Lipinski definition) is 2. The number of carboxylic acids is 1. The highest BCUT2D eigenvalue weighted by Crippen LogP contribution is 2.46. The Morgan fingerprint density at radius 3 is 2.25 bits per heavy atom. The fraction of sp³-hybridized carbons (Fsp3) is 0.222. The van der Waals surface area contributed by atoms with Crippen molar-refractivity contribution in [1.29, 1.82) is 0 Å². The van der Waals surface area contributed by atoms with Crippen molar-refractivity contribution in [2.24, 2.45) is 0 Å². The van der Waals surface area contributed by atoms with Crippen molar-refractivity contribution in [2.75, 3.05) is 0 Å². The minimum absolute atomic E-state index is 0.0768. The summed E-state index contributed by atoms with van der Waals surface area (Å²) in [4.78, 5) is 13.8. The van der Waals surface area contributed by atoms with E-state index in [0.717, 1.165) is 32.0 Å². The van der Waals surface area contributed by atoms with Crippen molar-refractivity contribution < 1.29 is 9.90 Å². The molecule has 0 saturated heterocycles. The van der Waals surface area contributed by atoms with Crippen molar-refractivity contribution in [3.8, 4) is 11.1 Å². The highest BCUT2D eigenvalue weighted by Gasteiger charge is 2.26. The van der Waals surface area contributed by atoms with Gasteiger partial charge in [-0.25, -0.2) is 0 Å². The van der Waals surface area contributed by atoms with E-state index in [1.165, 1.54) is 11.1 Å². The summed E-state index contributed by atoms with van der Waals surface area (Å²) < 4.78 is 1.91. The molecule has 0 aliphatic heterocycles. The molecule has 0 unspecified atom stereocenters. The summed E-state index contributed by atoms with van der Waals surface area (Å²) in [6.45, 7) is 8.58. The zero-order valence-electron chi connectivity index (χ0n) is 18.6. The highest BCUT2D eigenvalue weighted by molar-refractivity contribution is 7.99. The zero-order chi connectivity index (χ0) is 23.0. The molecule has 0 saturated carbocycles. The van der Waals surface area contributed by atoms with Gasteiger partial charge >= 0.3 is 5.97 Å². The van der Waals surface area contributed by atoms with Crippen molar-refractivity contribution in [1.82, 2.24) is 4.57 Å². The average Bonchev–Trinajstić information content (AvgIpc) is 3.00. The number of fused-ring (bicyclic) bond motifs is 1. The summed E-state index contributed by atoms with van der Waals surface area (Å²) in [6.07, 6.45) is 0. The summed E-state index contributed by atoms with van der Waals surface area (Å²) in [5.41, 5.74) is 5.35. The monoisotopic (exact) mass is 463 g/mol. The highest BCUT2D eigenvalue weighted by atomic mass is 35.5. The molecule has 32 heavy (non-hydrogen) atoms. The molecule has 5 heteroatoms. The molecule has 4 aromatic rings. The third kappa shape index (κ3) is 4.30. The first-order chi connectivity index (χ1) is 15.2. The maximum atomic E-state index is 11.7. The second-order valence-corrected chi connectivity index (χ2v) is 10.5. The third-order valence-electron chi connectivity index (χ3n) is 5.63. The SMILES string of the molecule is Cc1c(Sc2ccc(Cl)cc2)c2c(-c3ccccc3)c(C(C)(C)C)ccc2n1CC(=O)O. The quantitative estimate of drug-likeness (QED) is 0.328. The molecule has 0 aliphatic carbocycles. The standard InChI is InChI=1S/C27H26ClNO2S/c1-17-26(32-20-12-10-19(28)11-13-20)25-22(29(17)16-23(30)31)15-14-21(27(2,3)4)24(25)18-8-6-5-7-9-18/h5-15H,16H2,1-4H3,(H,30,31). The molecule has 0 fully saturated rings. The van der Waals surface area contributed by atoms with Crippen LogP contribution >= 0.6 is 23.4 Å². The van der Waals surface area contributed by atoms with Crippen molar-refractivity contribution in [3.63, 3.8) is 0 Å². The van der Waals surface area contributed by atoms with Gasteiger partial charge in [0.1, 0.15) is 6.54 Å². The van der Waals surface area contributed by atoms with Crippen LogP contribution in [0.15, 0.2) is 76.5 Å². The minimum atomic E-state index is -0.853. The fourth-order valence-corrected chi connectivity index (χ4v) is 5.35. The van der Waals surface area contributed by atoms with E-state index in [2.05, 4.69) is 45.0 Å². The van der Waals surface area contributed by atoms with Crippen LogP contribution in [0.5, 0.6) is 0 Å². The van der Waals surface area contributed by atoms with Crippen LogP contribution in [0.1, 0.15) is 32.0 Å². The number of benzene rings is 3. The van der Waals surface area contributed by atoms with Crippen LogP contribution in [0.25, 0.3) is 22.0 Å². The maximum absolute atomic E-state index is 11.7. The number of nitrogens with zero attached hydrogens (tertiary/aromatic N) is 1. The smallest absolute Gasteiger partial charge is 0.323 e. The molecular weight excluding hydrogens is 438 g/mol. The molecule has 3 nitrogen and oxygen atoms in total. The van der Waals surface area contributed by atoms with Crippen LogP contribution in [0.3, 0.4) is 0 Å². The van der Waals surface area contributed by atoms with Gasteiger partial charge in [0, 0.05) is 25.9 Å². The molecule has 164 valence electrons. The Balaban J connectivity index is 2.09. The van der Waals surface area contributed by atoms with Gasteiger partial charge in [-0.3, -0.25) is 4.79 Å². The van der Waals surface area contributed by atoms with E-state index in [4.69, 9.17) is 11.6 Å². The van der Waals surface area contributed by atoms with Crippen LogP contribution in [-0.2, 0) is 16.8 Å². The van der Waals surface area contributed by atoms with E-state index >= 15 is 0 Å². The molecule has 0 aliphatic rings. The van der Waals surface area contributed by atoms with Gasteiger partial charge in [-0.2, -0.15) is 0 Å². The number of halogens is 1. The third-order valence-corrected chi connectivity index (χ3v) is 7.10. The topological polar surface area (TPSA) is 42.2 Å². The van der Waals surface area contributed by atoms with Gasteiger partial charge in [0.25, 0.3) is 0 Å². The summed E-state index contributed by atoms with van der Waals surface area (Å²) >= 11 is 7.76. The lowest BCUT2D eigenvalue weighted by atomic mass is 9.80. The largest absolute Gasteiger partial charge is 0.480 e. The van der Waals surface area contributed by atoms with Gasteiger partial charge < -0.3 is 9.67 Å². The summed E-state index contributed by atoms with van der Waals surface area (Å²) in [5, 5.41) is 11.4. The molecule has 4 rings (SSSR count). The minimum Gasteiger partial charge on any atom is -0.480 e. The molecule has 0 atom stereocenters. The lowest BCUT2D eigenvalue weighted by Gasteiger charge is -2.24. The van der Waals surface area contributed by atoms with Crippen LogP contribution in [-0.4, -0.2) is 15.6 Å². The van der Waals surface area contributed by atoms with Crippen LogP contribution < -0.4 is 0 Å². The van der Waals surface area contributed by atoms with Crippen LogP contribution in [0.2, 0.25) is 5.02 Å². The lowest BCUT2D eigenvalue weighted by Crippen LogP contribution is -2.13. The van der Waals surface area contributed by atoms with Gasteiger partial charge in [0.15, 0.2) is 0 Å². The Morgan fingerprint density at radius 2 is 1.66 bits per heavy atom. The lowest BCUT2D eigenvalue weighted by molar-refractivity contribution is -0.137. The molecule has 0 amide bonds. The van der Waals surface area contributed by atoms with Crippen molar-refractivity contribution >= 4 is 40.2 Å². The first-order valence-corrected chi connectivity index (χ1v) is 11.7. The molecule has 1 N–H and O–H groups in total. The van der Waals surface area contributed by atoms with E-state index in [1.807, 2.05) is 54.0 Å². The second-order valence-electron chi connectivity index (χ2n) is 8.95. The average molecular weight is 464 g/mol. The predicted molar refractivity (Wildman–Crippen MR) is 134 cm³/mol. The second kappa shape index (κ2) is 8.68. The Bertz CT molecular complexity index is 1290. The first-order valence-electron chi connectivity index (χ1n) is 10.5. The first kappa shape index (κ1) is 22.5. The number of carbonyl (C=O) groups is 1. The van der Waals surface area contributed by atoms with E-state index in [9.17, 15) is 9.90 Å². The van der Waals surface area contributed by atoms with Gasteiger partial charge in [0.2, 0.25) is 0 Å². The van der Waals surface area contributed by atoms with Crippen molar-refractivity contribution in [2.45, 2.75) is 49.4 Å². The molecule has 1 heterocycles. The van der Waals surface area contributed by atoms with E-state index in [0.29, 0.717) is 5.02 Å². The van der Waals surface area contributed by atoms with E-state index in [1.54, 1.807) is 11.8 Å². The fourth-order valence-electron chi connectivity index (χ4n) is 4.14. The number of carboxylic acid groups (broad SMARTS) is 1. The molecule has 0 radical (unpaired) electrons. The summed E-state index contributed by atoms with van der Waals surface area (Å²) in [7, 11) is 0. The molecule has 0 spiro atoms. The molecule has 1 aromatic heterocycles. The van der Waals surface area contributed by atoms with Gasteiger partial charge in [0.05, 0.1) is 5.52 Å². The van der Waals surface area contributed by atoms with E-state index in [-0.39, 0.29) is 12.0 Å². The summed E-state index contributed by atoms with van der Waals surface area (Å²) in [6, 6.07) is 22.4. The zero-order valence-corrected chi connectivity index (χ0v) is 20.2. The molecular formula is C27H26ClNO2S. The Morgan fingerprint density at radius 1 is 1.00 bits per heavy atom. The Hall–Kier alpha value is -2.69. The Kier molecular flexibility index (Phi) is 6.11. The Labute approximate surface area is 198 Å². The number of rotatable bonds is 5. The van der Waals surface area contributed by atoms with Gasteiger partial charge in [-0.05, 0) is 59.4 Å². The molecule has 3 aromatic carbocycles. The van der Waals surface area contributed by atoms with Crippen LogP contribution in [0, 0.1) is 6.92 Å². The van der Waals surface area contributed by atoms with Crippen LogP contribution in [0.4, 0.5) is 0 Å². The number of aliphatic carboxylic acids is 1. The predicted octanol–water partition coefficient (Wildman–Crippen LogP) is 7.80. The summed E-state index contributed by atoms with van der Waals surface area (Å²) in [5.74, 6) is -0.853. The normalized spacial score (nSPS) is 11.8. The van der Waals surface area contributed by atoms with Gasteiger partial charge in [-0.15, -0.1) is 0 Å². The molecule has 0 bridgehead atoms. The van der Waals surface area contributed by atoms with Gasteiger partial charge in [-0.1, -0.05) is 80.5 Å². The number of hydrogen-bond donors (Lipinski definition) is 1.